The third-order valence-electron chi connectivity index (χ3n) is 5.47. The summed E-state index contributed by atoms with van der Waals surface area (Å²) in [5.74, 6) is -0.389. The molecule has 160 valence electrons. The quantitative estimate of drug-likeness (QED) is 0.260. The van der Waals surface area contributed by atoms with Crippen LogP contribution in [0.25, 0.3) is 0 Å². The van der Waals surface area contributed by atoms with Crippen molar-refractivity contribution in [3.8, 4) is 0 Å². The zero-order valence-corrected chi connectivity index (χ0v) is 18.8. The van der Waals surface area contributed by atoms with E-state index in [0.717, 1.165) is 56.9 Å². The molecule has 1 aliphatic rings. The molecule has 1 aromatic carbocycles. The van der Waals surface area contributed by atoms with E-state index >= 15 is 0 Å². The zero-order valence-electron chi connectivity index (χ0n) is 17.9. The fraction of sp³-hybridized carbons (Fsp3) is 0.739. The average molecular weight is 410 g/mol. The van der Waals surface area contributed by atoms with Gasteiger partial charge in [-0.15, -0.1) is 0 Å². The molecule has 0 aromatic heterocycles. The maximum Gasteiger partial charge on any atom is 0.351 e. The lowest BCUT2D eigenvalue weighted by Crippen LogP contribution is -2.35. The Labute approximate surface area is 172 Å². The maximum absolute atomic E-state index is 14.0. The first-order chi connectivity index (χ1) is 13.7. The van der Waals surface area contributed by atoms with E-state index in [4.69, 9.17) is 9.05 Å². The lowest BCUT2D eigenvalue weighted by atomic mass is 9.95. The van der Waals surface area contributed by atoms with Crippen LogP contribution in [0.1, 0.15) is 95.8 Å². The van der Waals surface area contributed by atoms with E-state index in [9.17, 15) is 4.57 Å². The molecule has 0 aliphatic heterocycles. The molecule has 28 heavy (non-hydrogen) atoms. The first-order valence-electron chi connectivity index (χ1n) is 11.4. The van der Waals surface area contributed by atoms with Crippen LogP contribution in [-0.2, 0) is 13.6 Å². The van der Waals surface area contributed by atoms with Crippen molar-refractivity contribution >= 4 is 7.60 Å². The molecule has 0 heterocycles. The third kappa shape index (κ3) is 7.99. The van der Waals surface area contributed by atoms with E-state index < -0.39 is 7.60 Å². The van der Waals surface area contributed by atoms with Gasteiger partial charge in [-0.25, -0.2) is 0 Å². The molecular formula is C23H40NO3P. The minimum absolute atomic E-state index is 0.380. The molecule has 5 heteroatoms. The fourth-order valence-electron chi connectivity index (χ4n) is 3.77. The van der Waals surface area contributed by atoms with Crippen molar-refractivity contribution in [3.63, 3.8) is 0 Å². The molecule has 4 nitrogen and oxygen atoms in total. The highest BCUT2D eigenvalue weighted by Crippen LogP contribution is 2.60. The van der Waals surface area contributed by atoms with Crippen LogP contribution in [0, 0.1) is 0 Å². The van der Waals surface area contributed by atoms with Crippen molar-refractivity contribution in [2.75, 3.05) is 13.2 Å². The summed E-state index contributed by atoms with van der Waals surface area (Å²) >= 11 is 0. The Kier molecular flexibility index (Phi) is 11.4. The minimum Gasteiger partial charge on any atom is -0.307 e. The second kappa shape index (κ2) is 13.5. The molecule has 0 amide bonds. The van der Waals surface area contributed by atoms with Gasteiger partial charge in [-0.3, -0.25) is 9.88 Å². The predicted molar refractivity (Wildman–Crippen MR) is 118 cm³/mol. The van der Waals surface area contributed by atoms with Crippen LogP contribution in [0.4, 0.5) is 0 Å². The van der Waals surface area contributed by atoms with Gasteiger partial charge in [0.05, 0.1) is 13.2 Å². The molecule has 1 saturated carbocycles. The molecule has 2 rings (SSSR count). The fourth-order valence-corrected chi connectivity index (χ4v) is 5.84. The van der Waals surface area contributed by atoms with Crippen LogP contribution < -0.4 is 5.32 Å². The Hall–Kier alpha value is -0.670. The molecule has 1 unspecified atom stereocenters. The Bertz CT molecular complexity index is 544. The van der Waals surface area contributed by atoms with Crippen LogP contribution in [0.2, 0.25) is 0 Å². The van der Waals surface area contributed by atoms with Crippen LogP contribution in [-0.4, -0.2) is 19.3 Å². The van der Waals surface area contributed by atoms with Gasteiger partial charge in [0.2, 0.25) is 0 Å². The van der Waals surface area contributed by atoms with Gasteiger partial charge in [-0.1, -0.05) is 89.1 Å². The molecule has 1 aromatic rings. The van der Waals surface area contributed by atoms with Gasteiger partial charge >= 0.3 is 7.60 Å². The van der Waals surface area contributed by atoms with Crippen molar-refractivity contribution in [3.05, 3.63) is 35.9 Å². The SMILES string of the molecule is CCCCCOP(=O)(OCCCCC)C(NC1CCCCC1)c1ccccc1. The van der Waals surface area contributed by atoms with Gasteiger partial charge in [0.1, 0.15) is 5.78 Å². The summed E-state index contributed by atoms with van der Waals surface area (Å²) in [5.41, 5.74) is 1.00. The smallest absolute Gasteiger partial charge is 0.307 e. The van der Waals surface area contributed by atoms with Crippen LogP contribution in [0.5, 0.6) is 0 Å². The number of hydrogen-bond acceptors (Lipinski definition) is 4. The average Bonchev–Trinajstić information content (AvgIpc) is 2.74. The first kappa shape index (κ1) is 23.6. The Morgan fingerprint density at radius 3 is 2.04 bits per heavy atom. The van der Waals surface area contributed by atoms with Gasteiger partial charge in [-0.05, 0) is 31.2 Å². The molecule has 1 N–H and O–H groups in total. The Morgan fingerprint density at radius 2 is 1.50 bits per heavy atom. The first-order valence-corrected chi connectivity index (χ1v) is 13.0. The highest BCUT2D eigenvalue weighted by Gasteiger charge is 2.38. The molecule has 1 aliphatic carbocycles. The van der Waals surface area contributed by atoms with E-state index in [2.05, 4.69) is 19.2 Å². The highest BCUT2D eigenvalue weighted by atomic mass is 31.2. The lowest BCUT2D eigenvalue weighted by Gasteiger charge is -2.33. The number of unbranched alkanes of at least 4 members (excludes halogenated alkanes) is 4. The molecule has 0 spiro atoms. The van der Waals surface area contributed by atoms with Gasteiger partial charge in [-0.2, -0.15) is 0 Å². The molecule has 0 bridgehead atoms. The topological polar surface area (TPSA) is 47.6 Å². The van der Waals surface area contributed by atoms with E-state index in [-0.39, 0.29) is 5.78 Å². The normalized spacial score (nSPS) is 16.9. The molecule has 0 saturated heterocycles. The van der Waals surface area contributed by atoms with Crippen LogP contribution in [0.15, 0.2) is 30.3 Å². The maximum atomic E-state index is 14.0. The molecular weight excluding hydrogens is 369 g/mol. The summed E-state index contributed by atoms with van der Waals surface area (Å²) in [6, 6.07) is 10.5. The van der Waals surface area contributed by atoms with E-state index in [0.29, 0.717) is 19.3 Å². The number of benzene rings is 1. The van der Waals surface area contributed by atoms with Crippen LogP contribution >= 0.6 is 7.60 Å². The summed E-state index contributed by atoms with van der Waals surface area (Å²) in [5, 5.41) is 3.68. The van der Waals surface area contributed by atoms with Gasteiger partial charge in [0.15, 0.2) is 0 Å². The number of nitrogens with one attached hydrogen (secondary N) is 1. The van der Waals surface area contributed by atoms with E-state index in [1.807, 2.05) is 30.3 Å². The van der Waals surface area contributed by atoms with Crippen molar-refractivity contribution in [2.45, 2.75) is 96.3 Å². The largest absolute Gasteiger partial charge is 0.351 e. The van der Waals surface area contributed by atoms with Gasteiger partial charge < -0.3 is 9.05 Å². The van der Waals surface area contributed by atoms with Crippen molar-refractivity contribution in [2.24, 2.45) is 0 Å². The van der Waals surface area contributed by atoms with Gasteiger partial charge in [0, 0.05) is 6.04 Å². The summed E-state index contributed by atoms with van der Waals surface area (Å²) < 4.78 is 26.1. The van der Waals surface area contributed by atoms with Gasteiger partial charge in [0.25, 0.3) is 0 Å². The summed E-state index contributed by atoms with van der Waals surface area (Å²) in [6.07, 6.45) is 12.3. The minimum atomic E-state index is -3.31. The molecule has 1 fully saturated rings. The monoisotopic (exact) mass is 409 g/mol. The number of rotatable bonds is 14. The van der Waals surface area contributed by atoms with Crippen molar-refractivity contribution in [1.29, 1.82) is 0 Å². The van der Waals surface area contributed by atoms with Crippen molar-refractivity contribution in [1.82, 2.24) is 5.32 Å². The van der Waals surface area contributed by atoms with Crippen LogP contribution in [0.3, 0.4) is 0 Å². The lowest BCUT2D eigenvalue weighted by molar-refractivity contribution is 0.183. The highest BCUT2D eigenvalue weighted by molar-refractivity contribution is 7.54. The molecule has 0 radical (unpaired) electrons. The second-order valence-corrected chi connectivity index (χ2v) is 10.0. The zero-order chi connectivity index (χ0) is 20.1. The summed E-state index contributed by atoms with van der Waals surface area (Å²) in [4.78, 5) is 0. The second-order valence-electron chi connectivity index (χ2n) is 7.94. The molecule has 1 atom stereocenters. The predicted octanol–water partition coefficient (Wildman–Crippen LogP) is 7.21. The third-order valence-corrected chi connectivity index (χ3v) is 7.63. The standard InChI is InChI=1S/C23H40NO3P/c1-3-5-13-19-26-28(25,27-20-14-6-4-2)23(21-15-9-7-10-16-21)24-22-17-11-8-12-18-22/h7,9-10,15-16,22-24H,3-6,8,11-14,17-20H2,1-2H3. The Morgan fingerprint density at radius 1 is 0.929 bits per heavy atom. The van der Waals surface area contributed by atoms with E-state index in [1.54, 1.807) is 0 Å². The van der Waals surface area contributed by atoms with Crippen molar-refractivity contribution < 1.29 is 13.6 Å². The van der Waals surface area contributed by atoms with E-state index in [1.165, 1.54) is 19.3 Å². The summed E-state index contributed by atoms with van der Waals surface area (Å²) in [7, 11) is -3.31. The number of hydrogen-bond donors (Lipinski definition) is 1. The summed E-state index contributed by atoms with van der Waals surface area (Å²) in [6.45, 7) is 5.32. The Balaban J connectivity index is 2.17.